The summed E-state index contributed by atoms with van der Waals surface area (Å²) in [4.78, 5) is 27.4. The number of aryl methyl sites for hydroxylation is 2. The van der Waals surface area contributed by atoms with E-state index in [1.54, 1.807) is 12.1 Å². The standard InChI is InChI=1S/C23H21F2N3O6/c1-13-4-5-14(2)18(8-13)33-21-7-6-15(11-26-21)12-27-22(29)16-9-19(32-3)20(34-23(24)25)10-17(16)28(30)31/h4-11,23H,12H2,1-3H3,(H,27,29). The lowest BCUT2D eigenvalue weighted by atomic mass is 10.1. The second kappa shape index (κ2) is 10.6. The third-order valence-corrected chi connectivity index (χ3v) is 4.75. The predicted molar refractivity (Wildman–Crippen MR) is 118 cm³/mol. The maximum atomic E-state index is 12.6. The maximum Gasteiger partial charge on any atom is 0.387 e. The van der Waals surface area contributed by atoms with E-state index in [1.165, 1.54) is 6.20 Å². The van der Waals surface area contributed by atoms with Crippen LogP contribution >= 0.6 is 0 Å². The van der Waals surface area contributed by atoms with Gasteiger partial charge in [0.25, 0.3) is 11.6 Å². The van der Waals surface area contributed by atoms with E-state index in [9.17, 15) is 23.7 Å². The Kier molecular flexibility index (Phi) is 7.57. The van der Waals surface area contributed by atoms with Crippen LogP contribution in [0.5, 0.6) is 23.1 Å². The summed E-state index contributed by atoms with van der Waals surface area (Å²) in [5, 5.41) is 13.9. The number of methoxy groups -OCH3 is 1. The van der Waals surface area contributed by atoms with Crippen LogP contribution in [0.1, 0.15) is 27.0 Å². The quantitative estimate of drug-likeness (QED) is 0.346. The van der Waals surface area contributed by atoms with Gasteiger partial charge in [-0.15, -0.1) is 0 Å². The molecule has 0 atom stereocenters. The van der Waals surface area contributed by atoms with Crippen molar-refractivity contribution in [3.8, 4) is 23.1 Å². The van der Waals surface area contributed by atoms with E-state index in [1.807, 2.05) is 32.0 Å². The highest BCUT2D eigenvalue weighted by Gasteiger charge is 2.26. The van der Waals surface area contributed by atoms with Crippen LogP contribution in [0, 0.1) is 24.0 Å². The molecule has 0 spiro atoms. The normalized spacial score (nSPS) is 10.6. The summed E-state index contributed by atoms with van der Waals surface area (Å²) in [6.45, 7) is 0.649. The summed E-state index contributed by atoms with van der Waals surface area (Å²) in [5.41, 5.74) is 1.52. The molecule has 0 aliphatic heterocycles. The number of carbonyl (C=O) groups excluding carboxylic acids is 1. The smallest absolute Gasteiger partial charge is 0.387 e. The van der Waals surface area contributed by atoms with Gasteiger partial charge < -0.3 is 19.5 Å². The molecular weight excluding hydrogens is 452 g/mol. The first-order valence-electron chi connectivity index (χ1n) is 9.97. The lowest BCUT2D eigenvalue weighted by molar-refractivity contribution is -0.385. The van der Waals surface area contributed by atoms with Crippen molar-refractivity contribution in [1.29, 1.82) is 0 Å². The number of hydrogen-bond donors (Lipinski definition) is 1. The Morgan fingerprint density at radius 1 is 1.12 bits per heavy atom. The van der Waals surface area contributed by atoms with E-state index in [4.69, 9.17) is 9.47 Å². The fourth-order valence-corrected chi connectivity index (χ4v) is 3.01. The lowest BCUT2D eigenvalue weighted by Gasteiger charge is -2.12. The Balaban J connectivity index is 1.72. The van der Waals surface area contributed by atoms with E-state index in [2.05, 4.69) is 15.0 Å². The molecule has 1 aromatic heterocycles. The third kappa shape index (κ3) is 5.94. The highest BCUT2D eigenvalue weighted by Crippen LogP contribution is 2.35. The van der Waals surface area contributed by atoms with Gasteiger partial charge in [-0.05, 0) is 36.6 Å². The Hall–Kier alpha value is -4.28. The van der Waals surface area contributed by atoms with E-state index in [-0.39, 0.29) is 17.9 Å². The molecule has 11 heteroatoms. The van der Waals surface area contributed by atoms with Crippen molar-refractivity contribution >= 4 is 11.6 Å². The first kappa shape index (κ1) is 24.4. The number of pyridine rings is 1. The van der Waals surface area contributed by atoms with Crippen LogP contribution in [0.15, 0.2) is 48.7 Å². The van der Waals surface area contributed by atoms with Crippen molar-refractivity contribution in [2.45, 2.75) is 27.0 Å². The zero-order valence-electron chi connectivity index (χ0n) is 18.5. The molecule has 1 N–H and O–H groups in total. The number of nitrogens with one attached hydrogen (secondary N) is 1. The minimum absolute atomic E-state index is 0.00431. The molecule has 1 amide bonds. The summed E-state index contributed by atoms with van der Waals surface area (Å²) in [5.74, 6) is -0.563. The van der Waals surface area contributed by atoms with Crippen molar-refractivity contribution in [1.82, 2.24) is 10.3 Å². The Bertz CT molecular complexity index is 1200. The van der Waals surface area contributed by atoms with Crippen LogP contribution in [0.2, 0.25) is 0 Å². The van der Waals surface area contributed by atoms with Crippen LogP contribution in [0.25, 0.3) is 0 Å². The molecule has 1 heterocycles. The van der Waals surface area contributed by atoms with Gasteiger partial charge in [0, 0.05) is 24.9 Å². The molecule has 3 aromatic rings. The van der Waals surface area contributed by atoms with Gasteiger partial charge in [0.05, 0.1) is 18.1 Å². The summed E-state index contributed by atoms with van der Waals surface area (Å²) in [6, 6.07) is 10.8. The molecule has 0 unspecified atom stereocenters. The SMILES string of the molecule is COc1cc(C(=O)NCc2ccc(Oc3cc(C)ccc3C)nc2)c([N+](=O)[O-])cc1OC(F)F. The van der Waals surface area contributed by atoms with Crippen molar-refractivity contribution < 1.29 is 32.7 Å². The molecule has 0 aliphatic carbocycles. The number of aromatic nitrogens is 1. The summed E-state index contributed by atoms with van der Waals surface area (Å²) < 4.78 is 40.1. The highest BCUT2D eigenvalue weighted by molar-refractivity contribution is 5.99. The number of alkyl halides is 2. The number of ether oxygens (including phenoxy) is 3. The van der Waals surface area contributed by atoms with E-state index < -0.39 is 28.9 Å². The largest absolute Gasteiger partial charge is 0.493 e. The number of nitro groups is 1. The molecule has 0 aliphatic rings. The number of nitrogens with zero attached hydrogens (tertiary/aromatic N) is 2. The second-order valence-electron chi connectivity index (χ2n) is 7.21. The summed E-state index contributed by atoms with van der Waals surface area (Å²) in [6.07, 6.45) is 1.50. The molecular formula is C23H21F2N3O6. The van der Waals surface area contributed by atoms with Gasteiger partial charge in [0.15, 0.2) is 11.5 Å². The number of rotatable bonds is 9. The zero-order chi connectivity index (χ0) is 24.8. The van der Waals surface area contributed by atoms with Gasteiger partial charge in [-0.2, -0.15) is 8.78 Å². The van der Waals surface area contributed by atoms with E-state index >= 15 is 0 Å². The fourth-order valence-electron chi connectivity index (χ4n) is 3.01. The Morgan fingerprint density at radius 3 is 2.50 bits per heavy atom. The molecule has 2 aromatic carbocycles. The number of nitro benzene ring substituents is 1. The molecule has 0 saturated carbocycles. The molecule has 0 fully saturated rings. The van der Waals surface area contributed by atoms with Crippen molar-refractivity contribution in [2.24, 2.45) is 0 Å². The monoisotopic (exact) mass is 473 g/mol. The predicted octanol–water partition coefficient (Wildman–Crippen LogP) is 4.94. The van der Waals surface area contributed by atoms with E-state index in [0.717, 1.165) is 30.4 Å². The number of halogens is 2. The summed E-state index contributed by atoms with van der Waals surface area (Å²) >= 11 is 0. The van der Waals surface area contributed by atoms with Crippen LogP contribution in [0.4, 0.5) is 14.5 Å². The van der Waals surface area contributed by atoms with Gasteiger partial charge in [-0.25, -0.2) is 4.98 Å². The lowest BCUT2D eigenvalue weighted by Crippen LogP contribution is -2.24. The van der Waals surface area contributed by atoms with E-state index in [0.29, 0.717) is 17.2 Å². The first-order valence-corrected chi connectivity index (χ1v) is 9.97. The van der Waals surface area contributed by atoms with Crippen LogP contribution in [0.3, 0.4) is 0 Å². The molecule has 178 valence electrons. The average Bonchev–Trinajstić information content (AvgIpc) is 2.80. The second-order valence-corrected chi connectivity index (χ2v) is 7.21. The van der Waals surface area contributed by atoms with Crippen LogP contribution in [-0.4, -0.2) is 29.5 Å². The maximum absolute atomic E-state index is 12.6. The molecule has 34 heavy (non-hydrogen) atoms. The first-order chi connectivity index (χ1) is 16.2. The van der Waals surface area contributed by atoms with Crippen LogP contribution < -0.4 is 19.5 Å². The fraction of sp³-hybridized carbons (Fsp3) is 0.217. The minimum atomic E-state index is -3.22. The van der Waals surface area contributed by atoms with Gasteiger partial charge in [0.2, 0.25) is 5.88 Å². The molecule has 0 radical (unpaired) electrons. The minimum Gasteiger partial charge on any atom is -0.493 e. The molecule has 9 nitrogen and oxygen atoms in total. The Morgan fingerprint density at radius 2 is 1.88 bits per heavy atom. The van der Waals surface area contributed by atoms with Crippen molar-refractivity contribution in [2.75, 3.05) is 7.11 Å². The van der Waals surface area contributed by atoms with Crippen molar-refractivity contribution in [3.05, 3.63) is 81.0 Å². The third-order valence-electron chi connectivity index (χ3n) is 4.75. The topological polar surface area (TPSA) is 113 Å². The Labute approximate surface area is 193 Å². The van der Waals surface area contributed by atoms with Crippen LogP contribution in [-0.2, 0) is 6.54 Å². The van der Waals surface area contributed by atoms with Crippen molar-refractivity contribution in [3.63, 3.8) is 0 Å². The van der Waals surface area contributed by atoms with Gasteiger partial charge >= 0.3 is 6.61 Å². The zero-order valence-corrected chi connectivity index (χ0v) is 18.5. The number of benzene rings is 2. The van der Waals surface area contributed by atoms with Gasteiger partial charge in [0.1, 0.15) is 11.3 Å². The summed E-state index contributed by atoms with van der Waals surface area (Å²) in [7, 11) is 1.16. The van der Waals surface area contributed by atoms with Gasteiger partial charge in [-0.1, -0.05) is 18.2 Å². The number of amides is 1. The molecule has 0 bridgehead atoms. The number of carbonyl (C=O) groups is 1. The molecule has 0 saturated heterocycles. The van der Waals surface area contributed by atoms with Gasteiger partial charge in [-0.3, -0.25) is 14.9 Å². The highest BCUT2D eigenvalue weighted by atomic mass is 19.3. The molecule has 3 rings (SSSR count). The number of hydrogen-bond acceptors (Lipinski definition) is 7. The average molecular weight is 473 g/mol.